The molecule has 4 nitrogen and oxygen atoms in total. The number of unbranched alkanes of at least 4 members (excludes halogenated alkanes) is 8. The maximum absolute atomic E-state index is 12.5. The van der Waals surface area contributed by atoms with Crippen molar-refractivity contribution in [2.24, 2.45) is 0 Å². The zero-order valence-electron chi connectivity index (χ0n) is 21.3. The molecule has 0 unspecified atom stereocenters. The van der Waals surface area contributed by atoms with Gasteiger partial charge in [-0.05, 0) is 41.7 Å². The van der Waals surface area contributed by atoms with Crippen LogP contribution >= 0.6 is 0 Å². The third kappa shape index (κ3) is 7.87. The van der Waals surface area contributed by atoms with Crippen LogP contribution in [0.25, 0.3) is 11.1 Å². The summed E-state index contributed by atoms with van der Waals surface area (Å²) in [4.78, 5) is 12.5. The molecule has 34 heavy (non-hydrogen) atoms. The summed E-state index contributed by atoms with van der Waals surface area (Å²) in [6.07, 6.45) is 12.2. The van der Waals surface area contributed by atoms with Crippen LogP contribution in [0, 0.1) is 0 Å². The minimum absolute atomic E-state index is 0.294. The Kier molecular flexibility index (Phi) is 10.5. The molecule has 3 rings (SSSR count). The van der Waals surface area contributed by atoms with Gasteiger partial charge in [0.15, 0.2) is 6.10 Å². The maximum atomic E-state index is 12.5. The van der Waals surface area contributed by atoms with Gasteiger partial charge in [0.25, 0.3) is 0 Å². The summed E-state index contributed by atoms with van der Waals surface area (Å²) < 4.78 is 17.6. The minimum atomic E-state index is -0.820. The van der Waals surface area contributed by atoms with E-state index in [1.807, 2.05) is 43.3 Å². The molecule has 1 heterocycles. The zero-order valence-corrected chi connectivity index (χ0v) is 21.3. The molecule has 0 aliphatic carbocycles. The lowest BCUT2D eigenvalue weighted by atomic mass is 10.0. The molecule has 0 N–H and O–H groups in total. The first-order chi connectivity index (χ1) is 16.5. The van der Waals surface area contributed by atoms with Crippen LogP contribution in [0.4, 0.5) is 0 Å². The molecule has 2 aromatic carbocycles. The van der Waals surface area contributed by atoms with E-state index in [4.69, 9.17) is 14.2 Å². The molecule has 186 valence electrons. The molecule has 2 atom stereocenters. The molecule has 1 aliphatic heterocycles. The third-order valence-electron chi connectivity index (χ3n) is 6.55. The largest absolute Gasteiger partial charge is 0.494 e. The van der Waals surface area contributed by atoms with Gasteiger partial charge in [0, 0.05) is 13.3 Å². The monoisotopic (exact) mass is 466 g/mol. The number of benzene rings is 2. The van der Waals surface area contributed by atoms with Crippen LogP contribution in [0.1, 0.15) is 103 Å². The van der Waals surface area contributed by atoms with Gasteiger partial charge in [0.2, 0.25) is 5.79 Å². The van der Waals surface area contributed by atoms with Crippen LogP contribution < -0.4 is 4.74 Å². The van der Waals surface area contributed by atoms with E-state index in [-0.39, 0.29) is 5.97 Å². The lowest BCUT2D eigenvalue weighted by Gasteiger charge is -2.22. The summed E-state index contributed by atoms with van der Waals surface area (Å²) in [7, 11) is 0. The van der Waals surface area contributed by atoms with Crippen LogP contribution in [-0.4, -0.2) is 18.4 Å². The average Bonchev–Trinajstić information content (AvgIpc) is 3.16. The van der Waals surface area contributed by atoms with E-state index in [2.05, 4.69) is 26.0 Å². The van der Waals surface area contributed by atoms with Gasteiger partial charge >= 0.3 is 5.97 Å². The van der Waals surface area contributed by atoms with Crippen molar-refractivity contribution in [1.29, 1.82) is 0 Å². The van der Waals surface area contributed by atoms with Crippen LogP contribution in [-0.2, 0) is 14.3 Å². The molecule has 0 amide bonds. The lowest BCUT2D eigenvalue weighted by Crippen LogP contribution is -2.25. The molecule has 0 bridgehead atoms. The van der Waals surface area contributed by atoms with Crippen LogP contribution in [0.3, 0.4) is 0 Å². The Labute approximate surface area is 206 Å². The molecule has 0 saturated carbocycles. The minimum Gasteiger partial charge on any atom is -0.494 e. The van der Waals surface area contributed by atoms with Gasteiger partial charge in [-0.3, -0.25) is 0 Å². The highest BCUT2D eigenvalue weighted by atomic mass is 16.8. The topological polar surface area (TPSA) is 44.8 Å². The van der Waals surface area contributed by atoms with Crippen molar-refractivity contribution in [2.75, 3.05) is 6.61 Å². The van der Waals surface area contributed by atoms with E-state index in [1.165, 1.54) is 44.9 Å². The third-order valence-corrected chi connectivity index (χ3v) is 6.55. The second-order valence-electron chi connectivity index (χ2n) is 9.63. The van der Waals surface area contributed by atoms with E-state index in [9.17, 15) is 4.79 Å². The van der Waals surface area contributed by atoms with Gasteiger partial charge in [-0.25, -0.2) is 4.79 Å². The quantitative estimate of drug-likeness (QED) is 0.195. The highest BCUT2D eigenvalue weighted by Crippen LogP contribution is 2.38. The average molecular weight is 467 g/mol. The van der Waals surface area contributed by atoms with Gasteiger partial charge in [-0.15, -0.1) is 0 Å². The number of carbonyl (C=O) groups is 1. The predicted molar refractivity (Wildman–Crippen MR) is 138 cm³/mol. The molecule has 1 saturated heterocycles. The first-order valence-corrected chi connectivity index (χ1v) is 13.3. The second-order valence-corrected chi connectivity index (χ2v) is 9.63. The van der Waals surface area contributed by atoms with Gasteiger partial charge in [-0.1, -0.05) is 102 Å². The second kappa shape index (κ2) is 13.5. The number of cyclic esters (lactones) is 1. The summed E-state index contributed by atoms with van der Waals surface area (Å²) in [5.74, 6) is -0.202. The number of hydrogen-bond acceptors (Lipinski definition) is 4. The first kappa shape index (κ1) is 26.3. The summed E-state index contributed by atoms with van der Waals surface area (Å²) in [5, 5.41) is 0. The Morgan fingerprint density at radius 3 is 1.97 bits per heavy atom. The van der Waals surface area contributed by atoms with Gasteiger partial charge < -0.3 is 14.2 Å². The fourth-order valence-electron chi connectivity index (χ4n) is 4.44. The zero-order chi connectivity index (χ0) is 24.2. The fraction of sp³-hybridized carbons (Fsp3) is 0.567. The van der Waals surface area contributed by atoms with Crippen LogP contribution in [0.15, 0.2) is 48.5 Å². The molecule has 0 spiro atoms. The summed E-state index contributed by atoms with van der Waals surface area (Å²) in [6.45, 7) is 7.08. The van der Waals surface area contributed by atoms with Crippen molar-refractivity contribution in [3.05, 3.63) is 54.1 Å². The van der Waals surface area contributed by atoms with Crippen LogP contribution in [0.2, 0.25) is 0 Å². The summed E-state index contributed by atoms with van der Waals surface area (Å²) in [5.41, 5.74) is 3.05. The van der Waals surface area contributed by atoms with Gasteiger partial charge in [0.1, 0.15) is 5.75 Å². The Balaban J connectivity index is 1.49. The Morgan fingerprint density at radius 2 is 1.32 bits per heavy atom. The highest BCUT2D eigenvalue weighted by molar-refractivity contribution is 5.79. The fourth-order valence-corrected chi connectivity index (χ4v) is 4.44. The SMILES string of the molecule is CCCCCCCCOc1ccc(-c2ccc([C@@H]3O[C@](C)(CCCCCC)OC3=O)cc2)cc1. The number of ether oxygens (including phenoxy) is 3. The van der Waals surface area contributed by atoms with Crippen molar-refractivity contribution in [3.8, 4) is 16.9 Å². The molecule has 1 aliphatic rings. The van der Waals surface area contributed by atoms with E-state index >= 15 is 0 Å². The molecule has 1 fully saturated rings. The standard InChI is InChI=1S/C30H42O4/c1-4-6-8-10-11-13-23-32-27-20-18-25(19-21-27)24-14-16-26(17-15-24)28-29(31)34-30(3,33-28)22-12-9-7-5-2/h14-21,28H,4-13,22-23H2,1-3H3/t28-,30-/m0/s1. The Bertz CT molecular complexity index is 858. The Hall–Kier alpha value is -2.33. The molecule has 0 radical (unpaired) electrons. The molecule has 4 heteroatoms. The lowest BCUT2D eigenvalue weighted by molar-refractivity contribution is -0.172. The normalized spacial score (nSPS) is 19.9. The van der Waals surface area contributed by atoms with Crippen molar-refractivity contribution in [3.63, 3.8) is 0 Å². The van der Waals surface area contributed by atoms with E-state index < -0.39 is 11.9 Å². The molecular formula is C30H42O4. The maximum Gasteiger partial charge on any atom is 0.342 e. The van der Waals surface area contributed by atoms with E-state index in [0.717, 1.165) is 54.7 Å². The summed E-state index contributed by atoms with van der Waals surface area (Å²) >= 11 is 0. The molecule has 2 aromatic rings. The van der Waals surface area contributed by atoms with Crippen molar-refractivity contribution in [2.45, 2.75) is 103 Å². The van der Waals surface area contributed by atoms with Crippen molar-refractivity contribution in [1.82, 2.24) is 0 Å². The predicted octanol–water partition coefficient (Wildman–Crippen LogP) is 8.39. The molecule has 0 aromatic heterocycles. The van der Waals surface area contributed by atoms with E-state index in [0.29, 0.717) is 0 Å². The Morgan fingerprint density at radius 1 is 0.765 bits per heavy atom. The van der Waals surface area contributed by atoms with E-state index in [1.54, 1.807) is 0 Å². The van der Waals surface area contributed by atoms with Gasteiger partial charge in [-0.2, -0.15) is 0 Å². The first-order valence-electron chi connectivity index (χ1n) is 13.3. The number of rotatable bonds is 15. The van der Waals surface area contributed by atoms with Crippen molar-refractivity contribution < 1.29 is 19.0 Å². The number of carbonyl (C=O) groups excluding carboxylic acids is 1. The number of esters is 1. The number of hydrogen-bond donors (Lipinski definition) is 0. The van der Waals surface area contributed by atoms with Gasteiger partial charge in [0.05, 0.1) is 6.61 Å². The van der Waals surface area contributed by atoms with Crippen molar-refractivity contribution >= 4 is 5.97 Å². The smallest absolute Gasteiger partial charge is 0.342 e. The molecular weight excluding hydrogens is 424 g/mol. The summed E-state index contributed by atoms with van der Waals surface area (Å²) in [6, 6.07) is 16.2. The van der Waals surface area contributed by atoms with Crippen LogP contribution in [0.5, 0.6) is 5.75 Å². The highest BCUT2D eigenvalue weighted by Gasteiger charge is 2.44.